The normalized spacial score (nSPS) is 15.8. The van der Waals surface area contributed by atoms with Gasteiger partial charge >= 0.3 is 0 Å². The minimum atomic E-state index is 0.571. The predicted molar refractivity (Wildman–Crippen MR) is 45.5 cm³/mol. The molecule has 0 saturated carbocycles. The monoisotopic (exact) mass is 164 g/mol. The van der Waals surface area contributed by atoms with Gasteiger partial charge in [0.2, 0.25) is 0 Å². The van der Waals surface area contributed by atoms with Crippen LogP contribution in [0.3, 0.4) is 0 Å². The van der Waals surface area contributed by atoms with E-state index in [9.17, 15) is 0 Å². The van der Waals surface area contributed by atoms with Crippen molar-refractivity contribution in [2.24, 2.45) is 5.73 Å². The molecule has 0 amide bonds. The second kappa shape index (κ2) is 3.21. The minimum Gasteiger partial charge on any atom is -0.375 e. The Morgan fingerprint density at radius 3 is 3.33 bits per heavy atom. The largest absolute Gasteiger partial charge is 0.375 e. The Morgan fingerprint density at radius 1 is 1.58 bits per heavy atom. The number of hydrogen-bond donors (Lipinski definition) is 1. The number of rotatable bonds is 1. The van der Waals surface area contributed by atoms with E-state index in [2.05, 4.69) is 11.1 Å². The summed E-state index contributed by atoms with van der Waals surface area (Å²) in [6.45, 7) is 2.03. The van der Waals surface area contributed by atoms with Crippen molar-refractivity contribution in [3.05, 3.63) is 29.1 Å². The molecule has 0 aliphatic carbocycles. The number of ether oxygens (including phenoxy) is 1. The SMILES string of the molecule is NCc1cnc2c(c1)CCOC2. The zero-order valence-electron chi connectivity index (χ0n) is 6.92. The number of pyridine rings is 1. The van der Waals surface area contributed by atoms with E-state index in [4.69, 9.17) is 10.5 Å². The van der Waals surface area contributed by atoms with Gasteiger partial charge in [0.25, 0.3) is 0 Å². The highest BCUT2D eigenvalue weighted by molar-refractivity contribution is 5.26. The molecule has 1 aromatic rings. The molecule has 2 N–H and O–H groups in total. The third-order valence-corrected chi connectivity index (χ3v) is 2.11. The van der Waals surface area contributed by atoms with Crippen molar-refractivity contribution < 1.29 is 4.74 Å². The Bertz CT molecular complexity index is 286. The van der Waals surface area contributed by atoms with Gasteiger partial charge in [-0.3, -0.25) is 4.98 Å². The number of aromatic nitrogens is 1. The smallest absolute Gasteiger partial charge is 0.0890 e. The standard InChI is InChI=1S/C9H12N2O/c10-4-7-3-8-1-2-12-6-9(8)11-5-7/h3,5H,1-2,4,6,10H2. The number of fused-ring (bicyclic) bond motifs is 1. The quantitative estimate of drug-likeness (QED) is 0.661. The summed E-state index contributed by atoms with van der Waals surface area (Å²) in [5.41, 5.74) is 8.98. The molecule has 1 aromatic heterocycles. The molecule has 3 heteroatoms. The summed E-state index contributed by atoms with van der Waals surface area (Å²) < 4.78 is 5.28. The van der Waals surface area contributed by atoms with E-state index in [0.29, 0.717) is 13.2 Å². The van der Waals surface area contributed by atoms with Crippen LogP contribution in [0.2, 0.25) is 0 Å². The third-order valence-electron chi connectivity index (χ3n) is 2.11. The summed E-state index contributed by atoms with van der Waals surface area (Å²) >= 11 is 0. The summed E-state index contributed by atoms with van der Waals surface area (Å²) in [5.74, 6) is 0. The maximum atomic E-state index is 5.51. The van der Waals surface area contributed by atoms with Crippen molar-refractivity contribution in [3.8, 4) is 0 Å². The first-order chi connectivity index (χ1) is 5.90. The predicted octanol–water partition coefficient (Wildman–Crippen LogP) is 0.613. The highest BCUT2D eigenvalue weighted by atomic mass is 16.5. The topological polar surface area (TPSA) is 48.1 Å². The molecular weight excluding hydrogens is 152 g/mol. The third kappa shape index (κ3) is 1.33. The van der Waals surface area contributed by atoms with Gasteiger partial charge in [-0.05, 0) is 17.5 Å². The van der Waals surface area contributed by atoms with Crippen LogP contribution in [0.15, 0.2) is 12.3 Å². The van der Waals surface area contributed by atoms with E-state index >= 15 is 0 Å². The number of nitrogens with zero attached hydrogens (tertiary/aromatic N) is 1. The zero-order valence-corrected chi connectivity index (χ0v) is 6.92. The molecule has 1 aliphatic rings. The van der Waals surface area contributed by atoms with Crippen LogP contribution in [0.5, 0.6) is 0 Å². The summed E-state index contributed by atoms with van der Waals surface area (Å²) in [6.07, 6.45) is 2.80. The van der Waals surface area contributed by atoms with Crippen LogP contribution >= 0.6 is 0 Å². The van der Waals surface area contributed by atoms with Gasteiger partial charge in [-0.2, -0.15) is 0 Å². The van der Waals surface area contributed by atoms with Crippen molar-refractivity contribution in [3.63, 3.8) is 0 Å². The lowest BCUT2D eigenvalue weighted by Crippen LogP contribution is -2.12. The lowest BCUT2D eigenvalue weighted by Gasteiger charge is -2.15. The molecular formula is C9H12N2O. The van der Waals surface area contributed by atoms with Crippen molar-refractivity contribution in [2.45, 2.75) is 19.6 Å². The van der Waals surface area contributed by atoms with Gasteiger partial charge in [0.05, 0.1) is 18.9 Å². The van der Waals surface area contributed by atoms with Crippen molar-refractivity contribution in [2.75, 3.05) is 6.61 Å². The second-order valence-corrected chi connectivity index (χ2v) is 2.96. The molecule has 12 heavy (non-hydrogen) atoms. The van der Waals surface area contributed by atoms with Gasteiger partial charge in [0.15, 0.2) is 0 Å². The fourth-order valence-electron chi connectivity index (χ4n) is 1.40. The maximum Gasteiger partial charge on any atom is 0.0890 e. The van der Waals surface area contributed by atoms with Gasteiger partial charge < -0.3 is 10.5 Å². The Kier molecular flexibility index (Phi) is 2.06. The van der Waals surface area contributed by atoms with Gasteiger partial charge in [0.1, 0.15) is 0 Å². The molecule has 0 saturated heterocycles. The van der Waals surface area contributed by atoms with Crippen LogP contribution in [-0.4, -0.2) is 11.6 Å². The van der Waals surface area contributed by atoms with E-state index in [1.807, 2.05) is 6.20 Å². The van der Waals surface area contributed by atoms with Crippen LogP contribution in [-0.2, 0) is 24.3 Å². The van der Waals surface area contributed by atoms with E-state index in [0.717, 1.165) is 24.3 Å². The van der Waals surface area contributed by atoms with Crippen LogP contribution in [0, 0.1) is 0 Å². The highest BCUT2D eigenvalue weighted by Crippen LogP contribution is 2.15. The summed E-state index contributed by atoms with van der Waals surface area (Å²) in [7, 11) is 0. The molecule has 2 rings (SSSR count). The second-order valence-electron chi connectivity index (χ2n) is 2.96. The molecule has 2 heterocycles. The van der Waals surface area contributed by atoms with Gasteiger partial charge in [-0.1, -0.05) is 6.07 Å². The lowest BCUT2D eigenvalue weighted by atomic mass is 10.1. The molecule has 3 nitrogen and oxygen atoms in total. The molecule has 64 valence electrons. The summed E-state index contributed by atoms with van der Waals surface area (Å²) in [4.78, 5) is 4.29. The molecule has 1 aliphatic heterocycles. The zero-order chi connectivity index (χ0) is 8.39. The Morgan fingerprint density at radius 2 is 2.50 bits per heavy atom. The first-order valence-corrected chi connectivity index (χ1v) is 4.14. The first kappa shape index (κ1) is 7.71. The fraction of sp³-hybridized carbons (Fsp3) is 0.444. The first-order valence-electron chi connectivity index (χ1n) is 4.14. The summed E-state index contributed by atoms with van der Waals surface area (Å²) in [5, 5.41) is 0. The highest BCUT2D eigenvalue weighted by Gasteiger charge is 2.10. The van der Waals surface area contributed by atoms with Crippen LogP contribution in [0.25, 0.3) is 0 Å². The van der Waals surface area contributed by atoms with Crippen molar-refractivity contribution >= 4 is 0 Å². The van der Waals surface area contributed by atoms with Crippen LogP contribution < -0.4 is 5.73 Å². The molecule has 0 aromatic carbocycles. The van der Waals surface area contributed by atoms with E-state index < -0.39 is 0 Å². The Hall–Kier alpha value is -0.930. The average molecular weight is 164 g/mol. The van der Waals surface area contributed by atoms with Crippen molar-refractivity contribution in [1.29, 1.82) is 0 Å². The molecule has 0 spiro atoms. The van der Waals surface area contributed by atoms with E-state index in [1.54, 1.807) is 0 Å². The van der Waals surface area contributed by atoms with Gasteiger partial charge in [0, 0.05) is 12.7 Å². The van der Waals surface area contributed by atoms with E-state index in [-0.39, 0.29) is 0 Å². The maximum absolute atomic E-state index is 5.51. The van der Waals surface area contributed by atoms with Crippen LogP contribution in [0.1, 0.15) is 16.8 Å². The number of hydrogen-bond acceptors (Lipinski definition) is 3. The minimum absolute atomic E-state index is 0.571. The molecule has 0 atom stereocenters. The molecule has 0 fully saturated rings. The van der Waals surface area contributed by atoms with E-state index in [1.165, 1.54) is 5.56 Å². The van der Waals surface area contributed by atoms with Gasteiger partial charge in [-0.15, -0.1) is 0 Å². The molecule has 0 radical (unpaired) electrons. The molecule has 0 unspecified atom stereocenters. The Labute approximate surface area is 71.6 Å². The van der Waals surface area contributed by atoms with Crippen LogP contribution in [0.4, 0.5) is 0 Å². The van der Waals surface area contributed by atoms with Crippen molar-refractivity contribution in [1.82, 2.24) is 4.98 Å². The molecule has 0 bridgehead atoms. The average Bonchev–Trinajstić information content (AvgIpc) is 2.17. The Balaban J connectivity index is 2.36. The van der Waals surface area contributed by atoms with Gasteiger partial charge in [-0.25, -0.2) is 0 Å². The fourth-order valence-corrected chi connectivity index (χ4v) is 1.40. The summed E-state index contributed by atoms with van der Waals surface area (Å²) in [6, 6.07) is 2.13. The lowest BCUT2D eigenvalue weighted by molar-refractivity contribution is 0.107. The number of nitrogens with two attached hydrogens (primary N) is 1.